The average molecular weight is 363 g/mol. The second-order valence-electron chi connectivity index (χ2n) is 5.23. The number of hydrogen-bond donors (Lipinski definition) is 2. The summed E-state index contributed by atoms with van der Waals surface area (Å²) < 4.78 is 2.42. The van der Waals surface area contributed by atoms with E-state index >= 15 is 0 Å². The molecule has 1 aromatic carbocycles. The molecule has 0 spiro atoms. The van der Waals surface area contributed by atoms with Gasteiger partial charge in [-0.25, -0.2) is 0 Å². The molecule has 1 aromatic heterocycles. The van der Waals surface area contributed by atoms with Crippen LogP contribution < -0.4 is 10.6 Å². The van der Waals surface area contributed by atoms with Gasteiger partial charge in [0, 0.05) is 22.3 Å². The lowest BCUT2D eigenvalue weighted by Crippen LogP contribution is -2.29. The fourth-order valence-electron chi connectivity index (χ4n) is 1.97. The molecule has 1 saturated carbocycles. The van der Waals surface area contributed by atoms with Crippen LogP contribution in [-0.2, 0) is 11.3 Å². The first-order chi connectivity index (χ1) is 10.6. The molecule has 0 aliphatic heterocycles. The maximum atomic E-state index is 12.1. The molecule has 6 nitrogen and oxygen atoms in total. The van der Waals surface area contributed by atoms with E-state index in [4.69, 9.17) is 0 Å². The van der Waals surface area contributed by atoms with Crippen LogP contribution in [0.4, 0.5) is 5.69 Å². The number of rotatable bonds is 5. The fraction of sp³-hybridized carbons (Fsp3) is 0.267. The third-order valence-electron chi connectivity index (χ3n) is 3.25. The van der Waals surface area contributed by atoms with Crippen molar-refractivity contribution in [3.8, 4) is 0 Å². The highest BCUT2D eigenvalue weighted by atomic mass is 79.9. The standard InChI is InChI=1S/C15H15BrN4O2/c16-11-3-1-10(2-4-11)15(22)19-13-7-17-20(8-13)9-14(21)18-12-5-6-12/h1-4,7-8,12H,5-6,9H2,(H,18,21)(H,19,22). The largest absolute Gasteiger partial charge is 0.352 e. The Labute approximate surface area is 136 Å². The van der Waals surface area contributed by atoms with Crippen LogP contribution in [0.2, 0.25) is 0 Å². The molecule has 0 unspecified atom stereocenters. The van der Waals surface area contributed by atoms with Gasteiger partial charge in [-0.3, -0.25) is 14.3 Å². The zero-order chi connectivity index (χ0) is 15.5. The van der Waals surface area contributed by atoms with Gasteiger partial charge in [0.15, 0.2) is 0 Å². The summed E-state index contributed by atoms with van der Waals surface area (Å²) in [6, 6.07) is 7.40. The smallest absolute Gasteiger partial charge is 0.255 e. The van der Waals surface area contributed by atoms with E-state index in [1.54, 1.807) is 30.5 Å². The summed E-state index contributed by atoms with van der Waals surface area (Å²) in [7, 11) is 0. The molecule has 2 amide bonds. The van der Waals surface area contributed by atoms with Gasteiger partial charge in [0.2, 0.25) is 5.91 Å². The molecule has 0 radical (unpaired) electrons. The number of anilines is 1. The number of halogens is 1. The molecule has 2 aromatic rings. The van der Waals surface area contributed by atoms with Crippen molar-refractivity contribution in [2.24, 2.45) is 0 Å². The van der Waals surface area contributed by atoms with Gasteiger partial charge in [0.1, 0.15) is 6.54 Å². The lowest BCUT2D eigenvalue weighted by atomic mass is 10.2. The van der Waals surface area contributed by atoms with E-state index in [1.807, 2.05) is 0 Å². The Morgan fingerprint density at radius 2 is 2.00 bits per heavy atom. The van der Waals surface area contributed by atoms with Gasteiger partial charge in [0.25, 0.3) is 5.91 Å². The number of hydrogen-bond acceptors (Lipinski definition) is 3. The van der Waals surface area contributed by atoms with E-state index in [-0.39, 0.29) is 18.4 Å². The van der Waals surface area contributed by atoms with Crippen molar-refractivity contribution in [1.82, 2.24) is 15.1 Å². The van der Waals surface area contributed by atoms with Crippen LogP contribution in [0.5, 0.6) is 0 Å². The van der Waals surface area contributed by atoms with Crippen molar-refractivity contribution in [3.63, 3.8) is 0 Å². The van der Waals surface area contributed by atoms with E-state index < -0.39 is 0 Å². The van der Waals surface area contributed by atoms with Gasteiger partial charge in [-0.05, 0) is 37.1 Å². The molecule has 1 heterocycles. The number of aromatic nitrogens is 2. The number of nitrogens with zero attached hydrogens (tertiary/aromatic N) is 2. The van der Waals surface area contributed by atoms with Crippen molar-refractivity contribution in [2.45, 2.75) is 25.4 Å². The predicted octanol–water partition coefficient (Wildman–Crippen LogP) is 2.18. The van der Waals surface area contributed by atoms with Gasteiger partial charge in [-0.15, -0.1) is 0 Å². The highest BCUT2D eigenvalue weighted by Gasteiger charge is 2.23. The Hall–Kier alpha value is -2.15. The number of nitrogens with one attached hydrogen (secondary N) is 2. The van der Waals surface area contributed by atoms with Crippen molar-refractivity contribution in [3.05, 3.63) is 46.7 Å². The van der Waals surface area contributed by atoms with E-state index in [9.17, 15) is 9.59 Å². The van der Waals surface area contributed by atoms with Crippen LogP contribution in [0.25, 0.3) is 0 Å². The minimum Gasteiger partial charge on any atom is -0.352 e. The third kappa shape index (κ3) is 3.94. The SMILES string of the molecule is O=C(Cn1cc(NC(=O)c2ccc(Br)cc2)cn1)NC1CC1. The second kappa shape index (κ2) is 6.31. The molecule has 3 rings (SSSR count). The maximum Gasteiger partial charge on any atom is 0.255 e. The van der Waals surface area contributed by atoms with E-state index in [0.29, 0.717) is 17.3 Å². The van der Waals surface area contributed by atoms with Gasteiger partial charge in [0.05, 0.1) is 11.9 Å². The summed E-state index contributed by atoms with van der Waals surface area (Å²) in [4.78, 5) is 23.8. The molecule has 0 atom stereocenters. The van der Waals surface area contributed by atoms with Gasteiger partial charge in [-0.2, -0.15) is 5.10 Å². The highest BCUT2D eigenvalue weighted by Crippen LogP contribution is 2.18. The van der Waals surface area contributed by atoms with Crippen LogP contribution in [0.3, 0.4) is 0 Å². The topological polar surface area (TPSA) is 76.0 Å². The van der Waals surface area contributed by atoms with E-state index in [2.05, 4.69) is 31.7 Å². The normalized spacial score (nSPS) is 13.7. The Bertz CT molecular complexity index is 692. The Balaban J connectivity index is 1.57. The quantitative estimate of drug-likeness (QED) is 0.855. The minimum atomic E-state index is -0.213. The number of carbonyl (C=O) groups excluding carboxylic acids is 2. The molecular weight excluding hydrogens is 348 g/mol. The third-order valence-corrected chi connectivity index (χ3v) is 3.77. The first-order valence-corrected chi connectivity index (χ1v) is 7.78. The Morgan fingerprint density at radius 3 is 2.68 bits per heavy atom. The molecule has 7 heteroatoms. The van der Waals surface area contributed by atoms with Crippen LogP contribution in [0.15, 0.2) is 41.1 Å². The molecule has 22 heavy (non-hydrogen) atoms. The number of carbonyl (C=O) groups is 2. The molecule has 2 N–H and O–H groups in total. The van der Waals surface area contributed by atoms with Crippen LogP contribution in [-0.4, -0.2) is 27.6 Å². The summed E-state index contributed by atoms with van der Waals surface area (Å²) in [5, 5.41) is 9.73. The molecule has 0 bridgehead atoms. The summed E-state index contributed by atoms with van der Waals surface area (Å²) >= 11 is 3.33. The van der Waals surface area contributed by atoms with Crippen molar-refractivity contribution >= 4 is 33.4 Å². The maximum absolute atomic E-state index is 12.1. The average Bonchev–Trinajstić information content (AvgIpc) is 3.18. The lowest BCUT2D eigenvalue weighted by Gasteiger charge is -2.03. The molecule has 1 aliphatic rings. The first-order valence-electron chi connectivity index (χ1n) is 6.99. The minimum absolute atomic E-state index is 0.0589. The summed E-state index contributed by atoms with van der Waals surface area (Å²) in [6.45, 7) is 0.157. The molecule has 1 fully saturated rings. The van der Waals surface area contributed by atoms with E-state index in [0.717, 1.165) is 17.3 Å². The van der Waals surface area contributed by atoms with Crippen molar-refractivity contribution in [1.29, 1.82) is 0 Å². The van der Waals surface area contributed by atoms with Crippen molar-refractivity contribution < 1.29 is 9.59 Å². The van der Waals surface area contributed by atoms with Gasteiger partial charge < -0.3 is 10.6 Å². The van der Waals surface area contributed by atoms with Crippen LogP contribution in [0.1, 0.15) is 23.2 Å². The number of benzene rings is 1. The summed E-state index contributed by atoms with van der Waals surface area (Å²) in [5.41, 5.74) is 1.12. The Kier molecular flexibility index (Phi) is 4.24. The predicted molar refractivity (Wildman–Crippen MR) is 85.5 cm³/mol. The summed E-state index contributed by atoms with van der Waals surface area (Å²) in [6.07, 6.45) is 5.28. The van der Waals surface area contributed by atoms with Gasteiger partial charge in [-0.1, -0.05) is 15.9 Å². The summed E-state index contributed by atoms with van der Waals surface area (Å²) in [5.74, 6) is -0.272. The molecule has 114 valence electrons. The highest BCUT2D eigenvalue weighted by molar-refractivity contribution is 9.10. The monoisotopic (exact) mass is 362 g/mol. The molecular formula is C15H15BrN4O2. The van der Waals surface area contributed by atoms with Gasteiger partial charge >= 0.3 is 0 Å². The lowest BCUT2D eigenvalue weighted by molar-refractivity contribution is -0.122. The Morgan fingerprint density at radius 1 is 1.27 bits per heavy atom. The first kappa shape index (κ1) is 14.8. The van der Waals surface area contributed by atoms with Crippen molar-refractivity contribution in [2.75, 3.05) is 5.32 Å². The fourth-order valence-corrected chi connectivity index (χ4v) is 2.23. The second-order valence-corrected chi connectivity index (χ2v) is 6.15. The van der Waals surface area contributed by atoms with E-state index in [1.165, 1.54) is 10.9 Å². The van der Waals surface area contributed by atoms with Crippen LogP contribution >= 0.6 is 15.9 Å². The number of amides is 2. The molecule has 0 saturated heterocycles. The van der Waals surface area contributed by atoms with Crippen LogP contribution in [0, 0.1) is 0 Å². The zero-order valence-electron chi connectivity index (χ0n) is 11.8. The zero-order valence-corrected chi connectivity index (χ0v) is 13.3. The molecule has 1 aliphatic carbocycles.